The molecule has 0 aliphatic heterocycles. The first-order valence-corrected chi connectivity index (χ1v) is 5.39. The summed E-state index contributed by atoms with van der Waals surface area (Å²) in [6.45, 7) is 4.79. The van der Waals surface area contributed by atoms with Crippen LogP contribution in [0.2, 0.25) is 0 Å². The number of carboxylic acid groups (broad SMARTS) is 1. The van der Waals surface area contributed by atoms with E-state index in [9.17, 15) is 4.79 Å². The highest BCUT2D eigenvalue weighted by molar-refractivity contribution is 5.85. The molecule has 1 saturated carbocycles. The second kappa shape index (κ2) is 4.08. The highest BCUT2D eigenvalue weighted by Gasteiger charge is 2.32. The van der Waals surface area contributed by atoms with Crippen LogP contribution in [-0.2, 0) is 0 Å². The molecule has 1 heterocycles. The molecule has 16 heavy (non-hydrogen) atoms. The van der Waals surface area contributed by atoms with Crippen LogP contribution in [-0.4, -0.2) is 27.6 Å². The molecule has 86 valence electrons. The van der Waals surface area contributed by atoms with E-state index in [1.165, 1.54) is 12.5 Å². The molecule has 1 aliphatic carbocycles. The van der Waals surface area contributed by atoms with E-state index in [0.29, 0.717) is 17.6 Å². The third-order valence-electron chi connectivity index (χ3n) is 2.87. The van der Waals surface area contributed by atoms with E-state index in [4.69, 9.17) is 5.11 Å². The third-order valence-corrected chi connectivity index (χ3v) is 2.87. The number of carboxylic acids is 1. The van der Waals surface area contributed by atoms with Crippen LogP contribution in [0.25, 0.3) is 0 Å². The Morgan fingerprint density at radius 3 is 2.88 bits per heavy atom. The fraction of sp³-hybridized carbons (Fsp3) is 0.545. The van der Waals surface area contributed by atoms with Crippen molar-refractivity contribution < 1.29 is 9.90 Å². The molecule has 1 aromatic rings. The molecular weight excluding hydrogens is 206 g/mol. The summed E-state index contributed by atoms with van der Waals surface area (Å²) in [5.41, 5.74) is 0.706. The zero-order chi connectivity index (χ0) is 11.7. The first kappa shape index (κ1) is 10.9. The lowest BCUT2D eigenvalue weighted by molar-refractivity contribution is 0.0690. The molecule has 2 rings (SSSR count). The normalized spacial score (nSPS) is 22.9. The maximum Gasteiger partial charge on any atom is 0.354 e. The number of aryl methyl sites for hydroxylation is 1. The monoisotopic (exact) mass is 221 g/mol. The van der Waals surface area contributed by atoms with E-state index in [2.05, 4.69) is 22.2 Å². The predicted molar refractivity (Wildman–Crippen MR) is 59.5 cm³/mol. The second-order valence-corrected chi connectivity index (χ2v) is 4.38. The average Bonchev–Trinajstić information content (AvgIpc) is 2.91. The van der Waals surface area contributed by atoms with Gasteiger partial charge >= 0.3 is 5.97 Å². The van der Waals surface area contributed by atoms with E-state index in [1.807, 2.05) is 0 Å². The van der Waals surface area contributed by atoms with Gasteiger partial charge in [0.15, 0.2) is 5.69 Å². The minimum absolute atomic E-state index is 0.0406. The number of hydrogen-bond acceptors (Lipinski definition) is 4. The van der Waals surface area contributed by atoms with Crippen LogP contribution < -0.4 is 5.32 Å². The van der Waals surface area contributed by atoms with Crippen LogP contribution in [0.5, 0.6) is 0 Å². The Morgan fingerprint density at radius 2 is 2.31 bits per heavy atom. The van der Waals surface area contributed by atoms with E-state index >= 15 is 0 Å². The Balaban J connectivity index is 2.05. The Kier molecular flexibility index (Phi) is 2.77. The number of aromatic carboxylic acids is 1. The van der Waals surface area contributed by atoms with Crippen LogP contribution in [0.15, 0.2) is 6.07 Å². The minimum Gasteiger partial charge on any atom is -0.477 e. The van der Waals surface area contributed by atoms with Gasteiger partial charge in [-0.1, -0.05) is 6.92 Å². The van der Waals surface area contributed by atoms with E-state index < -0.39 is 5.97 Å². The summed E-state index contributed by atoms with van der Waals surface area (Å²) < 4.78 is 0. The summed E-state index contributed by atoms with van der Waals surface area (Å²) in [4.78, 5) is 18.9. The fourth-order valence-electron chi connectivity index (χ4n) is 1.66. The number of aromatic nitrogens is 2. The zero-order valence-corrected chi connectivity index (χ0v) is 9.40. The number of nitrogens with zero attached hydrogens (tertiary/aromatic N) is 2. The van der Waals surface area contributed by atoms with Gasteiger partial charge in [0.05, 0.1) is 0 Å². The molecule has 0 bridgehead atoms. The van der Waals surface area contributed by atoms with Gasteiger partial charge in [-0.25, -0.2) is 14.8 Å². The quantitative estimate of drug-likeness (QED) is 0.806. The molecule has 0 saturated heterocycles. The maximum absolute atomic E-state index is 10.8. The van der Waals surface area contributed by atoms with Crippen molar-refractivity contribution in [2.75, 3.05) is 11.9 Å². The molecule has 0 radical (unpaired) electrons. The largest absolute Gasteiger partial charge is 0.477 e. The molecule has 2 N–H and O–H groups in total. The van der Waals surface area contributed by atoms with E-state index in [-0.39, 0.29) is 5.69 Å². The fourth-order valence-corrected chi connectivity index (χ4v) is 1.66. The minimum atomic E-state index is -1.02. The number of rotatable bonds is 4. The summed E-state index contributed by atoms with van der Waals surface area (Å²) in [6.07, 6.45) is 1.23. The molecule has 1 aromatic heterocycles. The van der Waals surface area contributed by atoms with Crippen LogP contribution in [0, 0.1) is 18.8 Å². The van der Waals surface area contributed by atoms with Crippen molar-refractivity contribution in [1.29, 1.82) is 0 Å². The summed E-state index contributed by atoms with van der Waals surface area (Å²) in [6, 6.07) is 1.47. The van der Waals surface area contributed by atoms with Crippen molar-refractivity contribution in [3.8, 4) is 0 Å². The Hall–Kier alpha value is -1.65. The molecule has 1 fully saturated rings. The summed E-state index contributed by atoms with van der Waals surface area (Å²) >= 11 is 0. The van der Waals surface area contributed by atoms with Crippen molar-refractivity contribution >= 4 is 11.9 Å². The molecule has 5 heteroatoms. The molecule has 0 spiro atoms. The summed E-state index contributed by atoms with van der Waals surface area (Å²) in [7, 11) is 0. The Labute approximate surface area is 93.9 Å². The molecule has 1 aliphatic rings. The number of carbonyl (C=O) groups is 1. The lowest BCUT2D eigenvalue weighted by atomic mass is 10.3. The van der Waals surface area contributed by atoms with Gasteiger partial charge in [0.25, 0.3) is 0 Å². The van der Waals surface area contributed by atoms with Crippen LogP contribution in [0.3, 0.4) is 0 Å². The molecule has 5 nitrogen and oxygen atoms in total. The van der Waals surface area contributed by atoms with Gasteiger partial charge < -0.3 is 10.4 Å². The van der Waals surface area contributed by atoms with Crippen LogP contribution in [0.4, 0.5) is 5.95 Å². The molecule has 0 amide bonds. The first-order valence-electron chi connectivity index (χ1n) is 5.39. The first-order chi connectivity index (χ1) is 7.56. The van der Waals surface area contributed by atoms with E-state index in [0.717, 1.165) is 12.5 Å². The number of anilines is 1. The lowest BCUT2D eigenvalue weighted by Crippen LogP contribution is -2.11. The predicted octanol–water partition coefficient (Wildman–Crippen LogP) is 1.55. The van der Waals surface area contributed by atoms with Crippen molar-refractivity contribution in [2.24, 2.45) is 11.8 Å². The average molecular weight is 221 g/mol. The zero-order valence-electron chi connectivity index (χ0n) is 9.40. The van der Waals surface area contributed by atoms with Crippen molar-refractivity contribution in [3.63, 3.8) is 0 Å². The van der Waals surface area contributed by atoms with Crippen molar-refractivity contribution in [3.05, 3.63) is 17.5 Å². The highest BCUT2D eigenvalue weighted by atomic mass is 16.4. The van der Waals surface area contributed by atoms with E-state index in [1.54, 1.807) is 6.92 Å². The molecular formula is C11H15N3O2. The van der Waals surface area contributed by atoms with Gasteiger partial charge in [0.1, 0.15) is 0 Å². The van der Waals surface area contributed by atoms with Crippen LogP contribution in [0.1, 0.15) is 29.5 Å². The summed E-state index contributed by atoms with van der Waals surface area (Å²) in [5.74, 6) is 0.832. The maximum atomic E-state index is 10.8. The number of nitrogens with one attached hydrogen (secondary N) is 1. The Bertz CT molecular complexity index is 420. The van der Waals surface area contributed by atoms with Crippen LogP contribution >= 0.6 is 0 Å². The van der Waals surface area contributed by atoms with Gasteiger partial charge in [0, 0.05) is 12.2 Å². The smallest absolute Gasteiger partial charge is 0.354 e. The second-order valence-electron chi connectivity index (χ2n) is 4.38. The van der Waals surface area contributed by atoms with Gasteiger partial charge in [-0.15, -0.1) is 0 Å². The SMILES string of the molecule is Cc1cc(C(=O)O)nc(NCC2CC2C)n1. The highest BCUT2D eigenvalue weighted by Crippen LogP contribution is 2.37. The third kappa shape index (κ3) is 2.48. The number of hydrogen-bond donors (Lipinski definition) is 2. The lowest BCUT2D eigenvalue weighted by Gasteiger charge is -2.05. The molecule has 2 atom stereocenters. The Morgan fingerprint density at radius 1 is 1.62 bits per heavy atom. The van der Waals surface area contributed by atoms with Gasteiger partial charge in [-0.2, -0.15) is 0 Å². The van der Waals surface area contributed by atoms with Gasteiger partial charge in [-0.05, 0) is 31.2 Å². The summed E-state index contributed by atoms with van der Waals surface area (Å²) in [5, 5.41) is 11.9. The topological polar surface area (TPSA) is 75.1 Å². The molecule has 0 aromatic carbocycles. The standard InChI is InChI=1S/C11H15N3O2/c1-6-3-8(6)5-12-11-13-7(2)4-9(14-11)10(15)16/h4,6,8H,3,5H2,1-2H3,(H,15,16)(H,12,13,14). The van der Waals surface area contributed by atoms with Crippen molar-refractivity contribution in [1.82, 2.24) is 9.97 Å². The van der Waals surface area contributed by atoms with Crippen molar-refractivity contribution in [2.45, 2.75) is 20.3 Å². The van der Waals surface area contributed by atoms with Gasteiger partial charge in [0.2, 0.25) is 5.95 Å². The van der Waals surface area contributed by atoms with Gasteiger partial charge in [-0.3, -0.25) is 0 Å². The molecule has 2 unspecified atom stereocenters.